The quantitative estimate of drug-likeness (QED) is 0.801. The number of hydrogen-bond donors (Lipinski definition) is 2. The van der Waals surface area contributed by atoms with E-state index in [4.69, 9.17) is 11.6 Å². The second-order valence-corrected chi connectivity index (χ2v) is 6.28. The average molecular weight is 324 g/mol. The van der Waals surface area contributed by atoms with Crippen LogP contribution in [-0.4, -0.2) is 19.9 Å². The van der Waals surface area contributed by atoms with Crippen molar-refractivity contribution in [2.24, 2.45) is 0 Å². The molecular formula is C14H14ClN3O2S. The van der Waals surface area contributed by atoms with Gasteiger partial charge in [0.05, 0.1) is 16.8 Å². The maximum atomic E-state index is 12.1. The fourth-order valence-corrected chi connectivity index (χ4v) is 2.69. The SMILES string of the molecule is C=CCNc1ccc(NS(=O)(=O)c2ccc(Cl)cc2)nc1. The fourth-order valence-electron chi connectivity index (χ4n) is 1.56. The second kappa shape index (κ2) is 6.60. The van der Waals surface area contributed by atoms with Gasteiger partial charge in [-0.2, -0.15) is 0 Å². The van der Waals surface area contributed by atoms with Crippen LogP contribution in [0.5, 0.6) is 0 Å². The molecule has 0 aliphatic heterocycles. The molecule has 0 spiro atoms. The Balaban J connectivity index is 2.13. The van der Waals surface area contributed by atoms with Crippen LogP contribution in [0, 0.1) is 0 Å². The van der Waals surface area contributed by atoms with Crippen molar-refractivity contribution in [3.8, 4) is 0 Å². The number of hydrogen-bond acceptors (Lipinski definition) is 4. The first-order valence-electron chi connectivity index (χ1n) is 6.10. The molecule has 1 aromatic heterocycles. The third kappa shape index (κ3) is 4.21. The summed E-state index contributed by atoms with van der Waals surface area (Å²) in [5.41, 5.74) is 0.782. The molecule has 2 N–H and O–H groups in total. The van der Waals surface area contributed by atoms with Gasteiger partial charge in [0.2, 0.25) is 0 Å². The summed E-state index contributed by atoms with van der Waals surface area (Å²) in [5.74, 6) is 0.245. The number of nitrogens with one attached hydrogen (secondary N) is 2. The third-order valence-corrected chi connectivity index (χ3v) is 4.20. The first-order chi connectivity index (χ1) is 10.0. The van der Waals surface area contributed by atoms with E-state index in [1.54, 1.807) is 24.4 Å². The van der Waals surface area contributed by atoms with Crippen molar-refractivity contribution < 1.29 is 8.42 Å². The Labute approximate surface area is 128 Å². The fraction of sp³-hybridized carbons (Fsp3) is 0.0714. The van der Waals surface area contributed by atoms with Crippen LogP contribution in [-0.2, 0) is 10.0 Å². The summed E-state index contributed by atoms with van der Waals surface area (Å²) in [4.78, 5) is 4.17. The van der Waals surface area contributed by atoms with E-state index in [2.05, 4.69) is 21.6 Å². The van der Waals surface area contributed by atoms with E-state index in [1.165, 1.54) is 24.3 Å². The van der Waals surface area contributed by atoms with Crippen LogP contribution in [0.1, 0.15) is 0 Å². The van der Waals surface area contributed by atoms with Crippen molar-refractivity contribution in [3.63, 3.8) is 0 Å². The lowest BCUT2D eigenvalue weighted by Crippen LogP contribution is -2.13. The minimum atomic E-state index is -3.67. The number of sulfonamides is 1. The molecular weight excluding hydrogens is 310 g/mol. The van der Waals surface area contributed by atoms with Crippen molar-refractivity contribution in [1.82, 2.24) is 4.98 Å². The summed E-state index contributed by atoms with van der Waals surface area (Å²) >= 11 is 5.74. The van der Waals surface area contributed by atoms with Gasteiger partial charge in [0, 0.05) is 11.6 Å². The van der Waals surface area contributed by atoms with Gasteiger partial charge >= 0.3 is 0 Å². The molecule has 1 aromatic carbocycles. The Morgan fingerprint density at radius 1 is 1.19 bits per heavy atom. The van der Waals surface area contributed by atoms with Gasteiger partial charge in [-0.25, -0.2) is 13.4 Å². The lowest BCUT2D eigenvalue weighted by atomic mass is 10.4. The van der Waals surface area contributed by atoms with E-state index in [1.807, 2.05) is 0 Å². The predicted octanol–water partition coefficient (Wildman–Crippen LogP) is 3.13. The zero-order chi connectivity index (χ0) is 15.3. The summed E-state index contributed by atoms with van der Waals surface area (Å²) in [7, 11) is -3.67. The van der Waals surface area contributed by atoms with E-state index >= 15 is 0 Å². The second-order valence-electron chi connectivity index (χ2n) is 4.16. The van der Waals surface area contributed by atoms with Gasteiger partial charge in [-0.1, -0.05) is 17.7 Å². The molecule has 7 heteroatoms. The highest BCUT2D eigenvalue weighted by molar-refractivity contribution is 7.92. The van der Waals surface area contributed by atoms with Crippen molar-refractivity contribution >= 4 is 33.1 Å². The monoisotopic (exact) mass is 323 g/mol. The van der Waals surface area contributed by atoms with E-state index in [-0.39, 0.29) is 10.7 Å². The molecule has 0 radical (unpaired) electrons. The van der Waals surface area contributed by atoms with E-state index in [0.717, 1.165) is 5.69 Å². The highest BCUT2D eigenvalue weighted by atomic mass is 35.5. The van der Waals surface area contributed by atoms with Crippen molar-refractivity contribution in [1.29, 1.82) is 0 Å². The molecule has 1 heterocycles. The Morgan fingerprint density at radius 3 is 2.48 bits per heavy atom. The van der Waals surface area contributed by atoms with Gasteiger partial charge in [0.1, 0.15) is 5.82 Å². The molecule has 21 heavy (non-hydrogen) atoms. The van der Waals surface area contributed by atoms with Crippen LogP contribution in [0.3, 0.4) is 0 Å². The number of nitrogens with zero attached hydrogens (tertiary/aromatic N) is 1. The maximum Gasteiger partial charge on any atom is 0.263 e. The maximum absolute atomic E-state index is 12.1. The molecule has 0 bridgehead atoms. The molecule has 0 unspecified atom stereocenters. The molecule has 0 amide bonds. The molecule has 0 aliphatic rings. The van der Waals surface area contributed by atoms with Gasteiger partial charge in [0.25, 0.3) is 10.0 Å². The zero-order valence-electron chi connectivity index (χ0n) is 11.1. The van der Waals surface area contributed by atoms with E-state index < -0.39 is 10.0 Å². The highest BCUT2D eigenvalue weighted by Gasteiger charge is 2.14. The minimum Gasteiger partial charge on any atom is -0.380 e. The van der Waals surface area contributed by atoms with Crippen molar-refractivity contribution in [2.75, 3.05) is 16.6 Å². The number of halogens is 1. The van der Waals surface area contributed by atoms with E-state index in [0.29, 0.717) is 11.6 Å². The normalized spacial score (nSPS) is 10.9. The van der Waals surface area contributed by atoms with Crippen LogP contribution in [0.4, 0.5) is 11.5 Å². The van der Waals surface area contributed by atoms with Gasteiger partial charge in [0.15, 0.2) is 0 Å². The topological polar surface area (TPSA) is 71.1 Å². The minimum absolute atomic E-state index is 0.127. The smallest absolute Gasteiger partial charge is 0.263 e. The summed E-state index contributed by atoms with van der Waals surface area (Å²) in [6.07, 6.45) is 3.26. The number of pyridine rings is 1. The summed E-state index contributed by atoms with van der Waals surface area (Å²) in [6.45, 7) is 4.21. The Morgan fingerprint density at radius 2 is 1.90 bits per heavy atom. The van der Waals surface area contributed by atoms with Crippen molar-refractivity contribution in [2.45, 2.75) is 4.90 Å². The van der Waals surface area contributed by atoms with Gasteiger partial charge in [-0.05, 0) is 36.4 Å². The number of rotatable bonds is 6. The Hall–Kier alpha value is -2.05. The molecule has 2 rings (SSSR count). The number of benzene rings is 1. The first kappa shape index (κ1) is 15.3. The molecule has 0 atom stereocenters. The van der Waals surface area contributed by atoms with Crippen molar-refractivity contribution in [3.05, 3.63) is 60.3 Å². The standard InChI is InChI=1S/C14H14ClN3O2S/c1-2-9-16-12-5-8-14(17-10-12)18-21(19,20)13-6-3-11(15)4-7-13/h2-8,10,16H,1,9H2,(H,17,18). The molecule has 0 fully saturated rings. The van der Waals surface area contributed by atoms with Crippen LogP contribution < -0.4 is 10.0 Å². The van der Waals surface area contributed by atoms with E-state index in [9.17, 15) is 8.42 Å². The van der Waals surface area contributed by atoms with Gasteiger partial charge < -0.3 is 5.32 Å². The molecule has 110 valence electrons. The van der Waals surface area contributed by atoms with Gasteiger partial charge in [-0.15, -0.1) is 6.58 Å². The highest BCUT2D eigenvalue weighted by Crippen LogP contribution is 2.18. The Kier molecular flexibility index (Phi) is 4.82. The molecule has 0 aliphatic carbocycles. The third-order valence-electron chi connectivity index (χ3n) is 2.58. The molecule has 0 saturated carbocycles. The molecule has 2 aromatic rings. The van der Waals surface area contributed by atoms with Crippen LogP contribution in [0.2, 0.25) is 5.02 Å². The lowest BCUT2D eigenvalue weighted by molar-refractivity contribution is 0.601. The van der Waals surface area contributed by atoms with Crippen LogP contribution in [0.25, 0.3) is 0 Å². The lowest BCUT2D eigenvalue weighted by Gasteiger charge is -2.08. The van der Waals surface area contributed by atoms with Gasteiger partial charge in [-0.3, -0.25) is 4.72 Å². The molecule has 5 nitrogen and oxygen atoms in total. The summed E-state index contributed by atoms with van der Waals surface area (Å²) in [5, 5.41) is 3.53. The average Bonchev–Trinajstić information content (AvgIpc) is 2.47. The number of aromatic nitrogens is 1. The summed E-state index contributed by atoms with van der Waals surface area (Å²) in [6, 6.07) is 9.22. The van der Waals surface area contributed by atoms with Crippen LogP contribution in [0.15, 0.2) is 60.1 Å². The number of anilines is 2. The Bertz CT molecular complexity index is 713. The predicted molar refractivity (Wildman–Crippen MR) is 85.2 cm³/mol. The van der Waals surface area contributed by atoms with Crippen LogP contribution >= 0.6 is 11.6 Å². The first-order valence-corrected chi connectivity index (χ1v) is 7.96. The zero-order valence-corrected chi connectivity index (χ0v) is 12.7. The molecule has 0 saturated heterocycles. The summed E-state index contributed by atoms with van der Waals surface area (Å²) < 4.78 is 26.7. The largest absolute Gasteiger partial charge is 0.380 e.